The first-order valence-corrected chi connectivity index (χ1v) is 10.1. The van der Waals surface area contributed by atoms with Gasteiger partial charge in [0.25, 0.3) is 0 Å². The molecule has 1 aromatic carbocycles. The minimum Gasteiger partial charge on any atom is -0.477 e. The molecule has 0 aliphatic carbocycles. The fourth-order valence-electron chi connectivity index (χ4n) is 3.03. The van der Waals surface area contributed by atoms with E-state index in [-0.39, 0.29) is 0 Å². The van der Waals surface area contributed by atoms with Crippen molar-refractivity contribution in [1.82, 2.24) is 9.88 Å². The van der Waals surface area contributed by atoms with E-state index in [0.29, 0.717) is 4.88 Å². The van der Waals surface area contributed by atoms with E-state index in [0.717, 1.165) is 30.0 Å². The highest BCUT2D eigenvalue weighted by Gasteiger charge is 2.13. The van der Waals surface area contributed by atoms with E-state index in [1.165, 1.54) is 27.2 Å². The van der Waals surface area contributed by atoms with Gasteiger partial charge in [0, 0.05) is 29.5 Å². The van der Waals surface area contributed by atoms with Crippen molar-refractivity contribution in [1.29, 1.82) is 0 Å². The number of benzene rings is 1. The van der Waals surface area contributed by atoms with Crippen LogP contribution in [0.3, 0.4) is 0 Å². The molecule has 0 aliphatic heterocycles. The molecule has 0 unspecified atom stereocenters. The Kier molecular flexibility index (Phi) is 4.88. The lowest BCUT2D eigenvalue weighted by Gasteiger charge is -2.02. The highest BCUT2D eigenvalue weighted by Crippen LogP contribution is 2.29. The number of rotatable bonds is 7. The van der Waals surface area contributed by atoms with Gasteiger partial charge in [0.15, 0.2) is 0 Å². The Morgan fingerprint density at radius 3 is 2.77 bits per heavy atom. The SMILES string of the molecule is O=C(O)c1ccc(-n2cc(CNCCc3cccs3)c3ccccc32)s1. The van der Waals surface area contributed by atoms with E-state index in [4.69, 9.17) is 0 Å². The molecule has 2 N–H and O–H groups in total. The topological polar surface area (TPSA) is 54.3 Å². The van der Waals surface area contributed by atoms with Gasteiger partial charge in [-0.3, -0.25) is 0 Å². The van der Waals surface area contributed by atoms with Gasteiger partial charge in [-0.1, -0.05) is 24.3 Å². The summed E-state index contributed by atoms with van der Waals surface area (Å²) in [5.74, 6) is -0.881. The molecule has 0 bridgehead atoms. The number of aromatic carboxylic acids is 1. The molecule has 3 aromatic heterocycles. The van der Waals surface area contributed by atoms with Gasteiger partial charge in [-0.25, -0.2) is 4.79 Å². The lowest BCUT2D eigenvalue weighted by molar-refractivity contribution is 0.0702. The zero-order valence-corrected chi connectivity index (χ0v) is 15.6. The molecule has 4 aromatic rings. The van der Waals surface area contributed by atoms with Crippen molar-refractivity contribution >= 4 is 39.5 Å². The third-order valence-electron chi connectivity index (χ3n) is 4.28. The van der Waals surface area contributed by atoms with Crippen molar-refractivity contribution in [2.45, 2.75) is 13.0 Å². The van der Waals surface area contributed by atoms with Crippen LogP contribution in [0.4, 0.5) is 0 Å². The zero-order valence-electron chi connectivity index (χ0n) is 14.0. The van der Waals surface area contributed by atoms with Gasteiger partial charge in [-0.15, -0.1) is 22.7 Å². The summed E-state index contributed by atoms with van der Waals surface area (Å²) in [7, 11) is 0. The highest BCUT2D eigenvalue weighted by molar-refractivity contribution is 7.16. The molecule has 26 heavy (non-hydrogen) atoms. The van der Waals surface area contributed by atoms with Crippen molar-refractivity contribution in [2.24, 2.45) is 0 Å². The number of thiophene rings is 2. The van der Waals surface area contributed by atoms with E-state index in [1.54, 1.807) is 17.4 Å². The Morgan fingerprint density at radius 1 is 1.12 bits per heavy atom. The quantitative estimate of drug-likeness (QED) is 0.452. The number of nitrogens with zero attached hydrogens (tertiary/aromatic N) is 1. The maximum atomic E-state index is 11.2. The largest absolute Gasteiger partial charge is 0.477 e. The number of carbonyl (C=O) groups is 1. The van der Waals surface area contributed by atoms with Crippen LogP contribution in [0, 0.1) is 0 Å². The van der Waals surface area contributed by atoms with E-state index >= 15 is 0 Å². The second kappa shape index (κ2) is 7.45. The van der Waals surface area contributed by atoms with Crippen molar-refractivity contribution in [3.8, 4) is 5.00 Å². The minimum atomic E-state index is -0.881. The van der Waals surface area contributed by atoms with Crippen molar-refractivity contribution in [2.75, 3.05) is 6.54 Å². The van der Waals surface area contributed by atoms with Gasteiger partial charge in [0.2, 0.25) is 0 Å². The number of para-hydroxylation sites is 1. The average Bonchev–Trinajstić information content (AvgIpc) is 3.38. The molecule has 4 rings (SSSR count). The monoisotopic (exact) mass is 382 g/mol. The predicted molar refractivity (Wildman–Crippen MR) is 108 cm³/mol. The van der Waals surface area contributed by atoms with Gasteiger partial charge in [0.1, 0.15) is 9.88 Å². The molecular formula is C20H18N2O2S2. The first-order valence-electron chi connectivity index (χ1n) is 8.38. The van der Waals surface area contributed by atoms with Gasteiger partial charge in [-0.05, 0) is 41.6 Å². The van der Waals surface area contributed by atoms with Gasteiger partial charge >= 0.3 is 5.97 Å². The van der Waals surface area contributed by atoms with Crippen LogP contribution in [0.5, 0.6) is 0 Å². The minimum absolute atomic E-state index is 0.355. The molecular weight excluding hydrogens is 364 g/mol. The molecule has 4 nitrogen and oxygen atoms in total. The maximum Gasteiger partial charge on any atom is 0.345 e. The highest BCUT2D eigenvalue weighted by atomic mass is 32.1. The number of carboxylic acids is 1. The molecule has 0 atom stereocenters. The first kappa shape index (κ1) is 17.0. The Balaban J connectivity index is 1.56. The standard InChI is InChI=1S/C20H18N2O2S2/c23-20(24)18-7-8-19(26-18)22-13-14(16-5-1-2-6-17(16)22)12-21-10-9-15-4-3-11-25-15/h1-8,11,13,21H,9-10,12H2,(H,23,24). The Bertz CT molecular complexity index is 1030. The van der Waals surface area contributed by atoms with E-state index < -0.39 is 5.97 Å². The molecule has 6 heteroatoms. The van der Waals surface area contributed by atoms with Crippen LogP contribution in [0.15, 0.2) is 60.1 Å². The number of fused-ring (bicyclic) bond motifs is 1. The van der Waals surface area contributed by atoms with Gasteiger partial charge in [0.05, 0.1) is 5.52 Å². The Hall–Kier alpha value is -2.41. The van der Waals surface area contributed by atoms with Gasteiger partial charge < -0.3 is 15.0 Å². The third-order valence-corrected chi connectivity index (χ3v) is 6.29. The summed E-state index contributed by atoms with van der Waals surface area (Å²) < 4.78 is 2.09. The molecule has 0 saturated heterocycles. The van der Waals surface area contributed by atoms with E-state index in [2.05, 4.69) is 45.7 Å². The number of hydrogen-bond donors (Lipinski definition) is 2. The van der Waals surface area contributed by atoms with Crippen LogP contribution >= 0.6 is 22.7 Å². The summed E-state index contributed by atoms with van der Waals surface area (Å²) in [4.78, 5) is 12.9. The summed E-state index contributed by atoms with van der Waals surface area (Å²) in [5.41, 5.74) is 2.32. The summed E-state index contributed by atoms with van der Waals surface area (Å²) in [5, 5.41) is 16.9. The van der Waals surface area contributed by atoms with Crippen molar-refractivity contribution in [3.05, 3.63) is 75.4 Å². The molecule has 0 amide bonds. The Labute approximate surface area is 159 Å². The zero-order chi connectivity index (χ0) is 17.9. The van der Waals surface area contributed by atoms with Crippen molar-refractivity contribution < 1.29 is 9.90 Å². The average molecular weight is 383 g/mol. The maximum absolute atomic E-state index is 11.2. The van der Waals surface area contributed by atoms with Crippen LogP contribution < -0.4 is 5.32 Å². The molecule has 0 radical (unpaired) electrons. The van der Waals surface area contributed by atoms with Crippen molar-refractivity contribution in [3.63, 3.8) is 0 Å². The molecule has 0 aliphatic rings. The molecule has 0 saturated carbocycles. The molecule has 0 fully saturated rings. The normalized spacial score (nSPS) is 11.2. The molecule has 3 heterocycles. The van der Waals surface area contributed by atoms with Crippen LogP contribution in [0.2, 0.25) is 0 Å². The van der Waals surface area contributed by atoms with E-state index in [1.807, 2.05) is 18.2 Å². The van der Waals surface area contributed by atoms with Crippen LogP contribution in [0.25, 0.3) is 15.9 Å². The molecule has 0 spiro atoms. The summed E-state index contributed by atoms with van der Waals surface area (Å²) in [6.45, 7) is 1.72. The number of carboxylic acid groups (broad SMARTS) is 1. The lowest BCUT2D eigenvalue weighted by Crippen LogP contribution is -2.16. The summed E-state index contributed by atoms with van der Waals surface area (Å²) in [6.07, 6.45) is 3.14. The van der Waals surface area contributed by atoms with Gasteiger partial charge in [-0.2, -0.15) is 0 Å². The van der Waals surface area contributed by atoms with Crippen LogP contribution in [0.1, 0.15) is 20.1 Å². The first-order chi connectivity index (χ1) is 12.7. The lowest BCUT2D eigenvalue weighted by atomic mass is 10.2. The van der Waals surface area contributed by atoms with Crippen LogP contribution in [-0.4, -0.2) is 22.2 Å². The fraction of sp³-hybridized carbons (Fsp3) is 0.150. The Morgan fingerprint density at radius 2 is 2.00 bits per heavy atom. The third kappa shape index (κ3) is 3.44. The number of nitrogens with one attached hydrogen (secondary N) is 1. The summed E-state index contributed by atoms with van der Waals surface area (Å²) in [6, 6.07) is 16.0. The number of hydrogen-bond acceptors (Lipinski definition) is 4. The summed E-state index contributed by atoms with van der Waals surface area (Å²) >= 11 is 3.08. The fourth-order valence-corrected chi connectivity index (χ4v) is 4.58. The number of aromatic nitrogens is 1. The predicted octanol–water partition coefficient (Wildman–Crippen LogP) is 4.78. The van der Waals surface area contributed by atoms with Crippen LogP contribution in [-0.2, 0) is 13.0 Å². The second-order valence-corrected chi connectivity index (χ2v) is 8.09. The van der Waals surface area contributed by atoms with E-state index in [9.17, 15) is 9.90 Å². The molecule has 132 valence electrons. The second-order valence-electron chi connectivity index (χ2n) is 5.99. The smallest absolute Gasteiger partial charge is 0.345 e.